The van der Waals surface area contributed by atoms with Crippen molar-refractivity contribution in [3.63, 3.8) is 0 Å². The molecular formula is C15H13ClN2O2. The fourth-order valence-corrected chi connectivity index (χ4v) is 2.65. The van der Waals surface area contributed by atoms with E-state index in [4.69, 9.17) is 11.6 Å². The van der Waals surface area contributed by atoms with E-state index in [0.717, 1.165) is 11.1 Å². The lowest BCUT2D eigenvalue weighted by Gasteiger charge is -2.17. The van der Waals surface area contributed by atoms with Crippen LogP contribution in [0.2, 0.25) is 5.02 Å². The zero-order chi connectivity index (χ0) is 14.1. The van der Waals surface area contributed by atoms with Crippen molar-refractivity contribution < 1.29 is 9.90 Å². The number of nitrogens with one attached hydrogen (secondary N) is 1. The highest BCUT2D eigenvalue weighted by atomic mass is 35.5. The minimum atomic E-state index is -0.615. The van der Waals surface area contributed by atoms with Crippen molar-refractivity contribution in [1.29, 1.82) is 0 Å². The maximum absolute atomic E-state index is 12.2. The number of aromatic nitrogens is 1. The Kier molecular flexibility index (Phi) is 3.42. The summed E-state index contributed by atoms with van der Waals surface area (Å²) in [4.78, 5) is 16.1. The van der Waals surface area contributed by atoms with Gasteiger partial charge in [0, 0.05) is 17.6 Å². The molecular weight excluding hydrogens is 276 g/mol. The number of hydrogen-bond acceptors (Lipinski definition) is 3. The van der Waals surface area contributed by atoms with E-state index in [0.29, 0.717) is 11.4 Å². The van der Waals surface area contributed by atoms with Crippen molar-refractivity contribution in [1.82, 2.24) is 10.3 Å². The molecule has 102 valence electrons. The molecule has 1 aliphatic rings. The molecule has 0 saturated heterocycles. The van der Waals surface area contributed by atoms with Crippen LogP contribution in [0.15, 0.2) is 42.6 Å². The van der Waals surface area contributed by atoms with Gasteiger partial charge in [0.25, 0.3) is 5.91 Å². The fourth-order valence-electron chi connectivity index (χ4n) is 2.49. The summed E-state index contributed by atoms with van der Waals surface area (Å²) in [5.41, 5.74) is 2.26. The van der Waals surface area contributed by atoms with Gasteiger partial charge in [0.1, 0.15) is 5.69 Å². The quantitative estimate of drug-likeness (QED) is 0.890. The van der Waals surface area contributed by atoms with E-state index >= 15 is 0 Å². The molecule has 4 nitrogen and oxygen atoms in total. The third-order valence-electron chi connectivity index (χ3n) is 3.45. The Morgan fingerprint density at radius 3 is 2.95 bits per heavy atom. The molecule has 2 aromatic rings. The molecule has 20 heavy (non-hydrogen) atoms. The van der Waals surface area contributed by atoms with Gasteiger partial charge in [-0.15, -0.1) is 0 Å². The van der Waals surface area contributed by atoms with Crippen molar-refractivity contribution in [3.8, 4) is 0 Å². The highest BCUT2D eigenvalue weighted by Crippen LogP contribution is 2.31. The zero-order valence-corrected chi connectivity index (χ0v) is 11.3. The summed E-state index contributed by atoms with van der Waals surface area (Å²) < 4.78 is 0. The average molecular weight is 289 g/mol. The second-order valence-corrected chi connectivity index (χ2v) is 5.22. The maximum atomic E-state index is 12.2. The van der Waals surface area contributed by atoms with Crippen LogP contribution in [0.3, 0.4) is 0 Å². The summed E-state index contributed by atoms with van der Waals surface area (Å²) in [5, 5.41) is 13.4. The molecule has 5 heteroatoms. The Morgan fingerprint density at radius 1 is 1.35 bits per heavy atom. The second-order valence-electron chi connectivity index (χ2n) is 4.78. The topological polar surface area (TPSA) is 62.2 Å². The van der Waals surface area contributed by atoms with Gasteiger partial charge in [0.2, 0.25) is 0 Å². The molecule has 2 N–H and O–H groups in total. The van der Waals surface area contributed by atoms with Gasteiger partial charge in [-0.1, -0.05) is 35.9 Å². The normalized spacial score (nSPS) is 20.5. The largest absolute Gasteiger partial charge is 0.390 e. The standard InChI is InChI=1S/C15H13ClN2O2/c16-10-5-6-17-12(8-10)15(20)18-14-11-4-2-1-3-9(11)7-13(14)19/h1-6,8,13-14,19H,7H2,(H,18,20)/t13-,14+/m0/s1. The SMILES string of the molecule is O=C(N[C@@H]1c2ccccc2C[C@@H]1O)c1cc(Cl)ccn1. The van der Waals surface area contributed by atoms with Crippen LogP contribution in [-0.4, -0.2) is 22.1 Å². The van der Waals surface area contributed by atoms with E-state index in [1.807, 2.05) is 24.3 Å². The molecule has 0 unspecified atom stereocenters. The van der Waals surface area contributed by atoms with Gasteiger partial charge in [-0.25, -0.2) is 0 Å². The molecule has 0 spiro atoms. The average Bonchev–Trinajstić information content (AvgIpc) is 2.75. The summed E-state index contributed by atoms with van der Waals surface area (Å²) >= 11 is 5.85. The van der Waals surface area contributed by atoms with Gasteiger partial charge >= 0.3 is 0 Å². The van der Waals surface area contributed by atoms with Gasteiger partial charge in [0.05, 0.1) is 12.1 Å². The number of rotatable bonds is 2. The van der Waals surface area contributed by atoms with E-state index in [1.165, 1.54) is 12.3 Å². The first kappa shape index (κ1) is 13.1. The van der Waals surface area contributed by atoms with Crippen molar-refractivity contribution in [3.05, 3.63) is 64.4 Å². The molecule has 1 aromatic carbocycles. The van der Waals surface area contributed by atoms with E-state index < -0.39 is 12.1 Å². The van der Waals surface area contributed by atoms with E-state index in [1.54, 1.807) is 6.07 Å². The molecule has 0 bridgehead atoms. The molecule has 1 aromatic heterocycles. The van der Waals surface area contributed by atoms with Gasteiger partial charge in [-0.2, -0.15) is 0 Å². The Morgan fingerprint density at radius 2 is 2.15 bits per heavy atom. The number of nitrogens with zero attached hydrogens (tertiary/aromatic N) is 1. The molecule has 0 saturated carbocycles. The lowest BCUT2D eigenvalue weighted by molar-refractivity contribution is 0.0853. The van der Waals surface area contributed by atoms with E-state index in [-0.39, 0.29) is 11.6 Å². The van der Waals surface area contributed by atoms with Gasteiger partial charge in [0.15, 0.2) is 0 Å². The van der Waals surface area contributed by atoms with Crippen molar-refractivity contribution in [2.24, 2.45) is 0 Å². The molecule has 1 amide bonds. The summed E-state index contributed by atoms with van der Waals surface area (Å²) in [5.74, 6) is -0.340. The summed E-state index contributed by atoms with van der Waals surface area (Å²) in [6.07, 6.45) is 1.41. The van der Waals surface area contributed by atoms with Crippen LogP contribution in [0.4, 0.5) is 0 Å². The Hall–Kier alpha value is -1.91. The molecule has 2 atom stereocenters. The van der Waals surface area contributed by atoms with Gasteiger partial charge in [-0.3, -0.25) is 9.78 Å². The van der Waals surface area contributed by atoms with Crippen molar-refractivity contribution >= 4 is 17.5 Å². The predicted octanol–water partition coefficient (Wildman–Crippen LogP) is 2.12. The van der Waals surface area contributed by atoms with Crippen LogP contribution in [0.5, 0.6) is 0 Å². The van der Waals surface area contributed by atoms with Crippen LogP contribution in [0, 0.1) is 0 Å². The fraction of sp³-hybridized carbons (Fsp3) is 0.200. The number of hydrogen-bond donors (Lipinski definition) is 2. The van der Waals surface area contributed by atoms with Crippen LogP contribution in [-0.2, 0) is 6.42 Å². The highest BCUT2D eigenvalue weighted by molar-refractivity contribution is 6.30. The molecule has 0 radical (unpaired) electrons. The molecule has 0 fully saturated rings. The first-order chi connectivity index (χ1) is 9.65. The monoisotopic (exact) mass is 288 g/mol. The summed E-state index contributed by atoms with van der Waals surface area (Å²) in [6.45, 7) is 0. The number of aliphatic hydroxyl groups is 1. The summed E-state index contributed by atoms with van der Waals surface area (Å²) in [7, 11) is 0. The van der Waals surface area contributed by atoms with Crippen LogP contribution < -0.4 is 5.32 Å². The first-order valence-electron chi connectivity index (χ1n) is 6.33. The number of carbonyl (C=O) groups is 1. The Bertz CT molecular complexity index is 660. The predicted molar refractivity (Wildman–Crippen MR) is 75.6 cm³/mol. The number of fused-ring (bicyclic) bond motifs is 1. The minimum Gasteiger partial charge on any atom is -0.390 e. The number of benzene rings is 1. The smallest absolute Gasteiger partial charge is 0.270 e. The van der Waals surface area contributed by atoms with Crippen LogP contribution in [0.1, 0.15) is 27.7 Å². The number of carbonyl (C=O) groups excluding carboxylic acids is 1. The Balaban J connectivity index is 1.83. The lowest BCUT2D eigenvalue weighted by Crippen LogP contribution is -2.34. The highest BCUT2D eigenvalue weighted by Gasteiger charge is 2.32. The van der Waals surface area contributed by atoms with Crippen molar-refractivity contribution in [2.45, 2.75) is 18.6 Å². The van der Waals surface area contributed by atoms with Crippen LogP contribution >= 0.6 is 11.6 Å². The maximum Gasteiger partial charge on any atom is 0.270 e. The lowest BCUT2D eigenvalue weighted by atomic mass is 10.1. The second kappa shape index (κ2) is 5.23. The number of amides is 1. The molecule has 0 aliphatic heterocycles. The molecule has 1 aliphatic carbocycles. The van der Waals surface area contributed by atoms with Crippen molar-refractivity contribution in [2.75, 3.05) is 0 Å². The number of aliphatic hydroxyl groups excluding tert-OH is 1. The number of halogens is 1. The molecule has 1 heterocycles. The van der Waals surface area contributed by atoms with Gasteiger partial charge in [-0.05, 0) is 23.3 Å². The molecule has 3 rings (SSSR count). The summed E-state index contributed by atoms with van der Waals surface area (Å²) in [6, 6.07) is 10.4. The first-order valence-corrected chi connectivity index (χ1v) is 6.71. The van der Waals surface area contributed by atoms with Crippen LogP contribution in [0.25, 0.3) is 0 Å². The third kappa shape index (κ3) is 2.40. The third-order valence-corrected chi connectivity index (χ3v) is 3.68. The van der Waals surface area contributed by atoms with Gasteiger partial charge < -0.3 is 10.4 Å². The Labute approximate surface area is 121 Å². The zero-order valence-electron chi connectivity index (χ0n) is 10.6. The number of pyridine rings is 1. The van der Waals surface area contributed by atoms with E-state index in [9.17, 15) is 9.90 Å². The minimum absolute atomic E-state index is 0.245. The van der Waals surface area contributed by atoms with E-state index in [2.05, 4.69) is 10.3 Å².